The normalized spacial score (nSPS) is 53.2. The van der Waals surface area contributed by atoms with Crippen LogP contribution in [0.3, 0.4) is 0 Å². The lowest BCUT2D eigenvalue weighted by atomic mass is 9.97. The van der Waals surface area contributed by atoms with E-state index in [0.29, 0.717) is 0 Å². The topological polar surface area (TPSA) is 190 Å². The maximum Gasteiger partial charge on any atom is 0.187 e. The van der Waals surface area contributed by atoms with E-state index in [2.05, 4.69) is 0 Å². The maximum absolute atomic E-state index is 9.99. The second-order valence-corrected chi connectivity index (χ2v) is 5.41. The third-order valence-electron chi connectivity index (χ3n) is 3.87. The Hall–Kier alpha value is -0.440. The number of ether oxygens (including phenoxy) is 3. The molecule has 0 spiro atoms. The zero-order chi connectivity index (χ0) is 18.2. The Morgan fingerprint density at radius 2 is 1.33 bits per heavy atom. The third kappa shape index (κ3) is 4.03. The van der Waals surface area contributed by atoms with Gasteiger partial charge in [-0.25, -0.2) is 0 Å². The van der Waals surface area contributed by atoms with Crippen molar-refractivity contribution in [3.05, 3.63) is 7.43 Å². The molecule has 11 nitrogen and oxygen atoms in total. The van der Waals surface area contributed by atoms with E-state index in [1.165, 1.54) is 0 Å². The SMILES string of the molecule is [2H]C1(O)O[C@H](CO)[C@@H](O[C@@H]2O[C@H](CO)[C@H](O)[C@H](O)[C@H]2O)[C@H](O)[C@H]1O.[C]. The van der Waals surface area contributed by atoms with E-state index in [9.17, 15) is 35.7 Å². The molecule has 140 valence electrons. The Balaban J connectivity index is 0.00000312. The number of hydrogen-bond acceptors (Lipinski definition) is 11. The first kappa shape index (κ1) is 19.9. The molecular formula is C13H22O11. The summed E-state index contributed by atoms with van der Waals surface area (Å²) in [6.45, 7) is -1.51. The quantitative estimate of drug-likeness (QED) is 0.240. The molecule has 0 aromatic carbocycles. The van der Waals surface area contributed by atoms with Crippen LogP contribution in [0.5, 0.6) is 0 Å². The van der Waals surface area contributed by atoms with E-state index in [-0.39, 0.29) is 7.43 Å². The predicted octanol–water partition coefficient (Wildman–Crippen LogP) is -5.32. The van der Waals surface area contributed by atoms with Crippen LogP contribution in [-0.2, 0) is 14.2 Å². The van der Waals surface area contributed by atoms with Crippen molar-refractivity contribution >= 4 is 0 Å². The highest BCUT2D eigenvalue weighted by atomic mass is 16.7. The van der Waals surface area contributed by atoms with Gasteiger partial charge in [0.05, 0.1) is 14.6 Å². The van der Waals surface area contributed by atoms with Gasteiger partial charge in [-0.15, -0.1) is 0 Å². The van der Waals surface area contributed by atoms with Crippen LogP contribution in [-0.4, -0.2) is 115 Å². The van der Waals surface area contributed by atoms with Crippen LogP contribution in [0.2, 0.25) is 0 Å². The van der Waals surface area contributed by atoms with E-state index in [4.69, 9.17) is 20.7 Å². The minimum absolute atomic E-state index is 0. The fourth-order valence-electron chi connectivity index (χ4n) is 2.48. The summed E-state index contributed by atoms with van der Waals surface area (Å²) in [5, 5.41) is 76.8. The Morgan fingerprint density at radius 3 is 1.88 bits per heavy atom. The van der Waals surface area contributed by atoms with Crippen molar-refractivity contribution in [1.29, 1.82) is 0 Å². The van der Waals surface area contributed by atoms with Crippen molar-refractivity contribution in [2.45, 2.75) is 61.4 Å². The van der Waals surface area contributed by atoms with Gasteiger partial charge in [0.15, 0.2) is 12.6 Å². The van der Waals surface area contributed by atoms with Crippen LogP contribution in [0.25, 0.3) is 0 Å². The van der Waals surface area contributed by atoms with Gasteiger partial charge in [0.25, 0.3) is 0 Å². The van der Waals surface area contributed by atoms with Crippen molar-refractivity contribution in [3.8, 4) is 0 Å². The van der Waals surface area contributed by atoms with Crippen LogP contribution in [0.15, 0.2) is 0 Å². The van der Waals surface area contributed by atoms with Gasteiger partial charge >= 0.3 is 0 Å². The molecule has 1 unspecified atom stereocenters. The largest absolute Gasteiger partial charge is 0.394 e. The van der Waals surface area contributed by atoms with E-state index in [1.807, 2.05) is 0 Å². The summed E-state index contributed by atoms with van der Waals surface area (Å²) in [6.07, 6.45) is -17.9. The van der Waals surface area contributed by atoms with Crippen molar-refractivity contribution in [3.63, 3.8) is 0 Å². The first-order valence-electron chi connectivity index (χ1n) is 7.47. The minimum atomic E-state index is -2.89. The Morgan fingerprint density at radius 1 is 0.750 bits per heavy atom. The number of rotatable bonds is 4. The average Bonchev–Trinajstić information content (AvgIpc) is 2.55. The van der Waals surface area contributed by atoms with E-state index < -0.39 is 74.6 Å². The van der Waals surface area contributed by atoms with Gasteiger partial charge in [-0.1, -0.05) is 0 Å². The molecule has 10 atom stereocenters. The molecule has 0 bridgehead atoms. The summed E-state index contributed by atoms with van der Waals surface area (Å²) >= 11 is 0. The fraction of sp³-hybridized carbons (Fsp3) is 0.923. The average molecular weight is 355 g/mol. The zero-order valence-electron chi connectivity index (χ0n) is 13.4. The van der Waals surface area contributed by atoms with Gasteiger partial charge in [0, 0.05) is 7.43 Å². The first-order chi connectivity index (χ1) is 11.1. The standard InChI is InChI=1S/C12H22O11.C/c13-1-3-5(15)6(16)9(19)12(22-3)23-10-4(2-14)21-11(20)8(18)7(10)17;/h3-20H,1-2H2;/t3-,4-,5+,6+,7-,8-,9-,10-,11?,12+;/m1./s1/i11D;. The molecule has 2 saturated heterocycles. The molecule has 2 aliphatic heterocycles. The molecule has 0 amide bonds. The highest BCUT2D eigenvalue weighted by Crippen LogP contribution is 2.28. The maximum atomic E-state index is 9.99. The van der Waals surface area contributed by atoms with Crippen LogP contribution in [0.1, 0.15) is 1.37 Å². The Bertz CT molecular complexity index is 421. The number of hydrogen-bond donors (Lipinski definition) is 8. The monoisotopic (exact) mass is 355 g/mol. The molecule has 4 radical (unpaired) electrons. The predicted molar refractivity (Wildman–Crippen MR) is 71.9 cm³/mol. The van der Waals surface area contributed by atoms with Crippen molar-refractivity contribution < 1.29 is 56.4 Å². The molecule has 0 aromatic heterocycles. The van der Waals surface area contributed by atoms with E-state index in [0.717, 1.165) is 0 Å². The molecule has 2 aliphatic rings. The summed E-state index contributed by atoms with van der Waals surface area (Å²) in [5.41, 5.74) is 0. The van der Waals surface area contributed by atoms with Crippen LogP contribution >= 0.6 is 0 Å². The van der Waals surface area contributed by atoms with Gasteiger partial charge in [-0.2, -0.15) is 0 Å². The highest BCUT2D eigenvalue weighted by Gasteiger charge is 2.50. The zero-order valence-corrected chi connectivity index (χ0v) is 12.4. The lowest BCUT2D eigenvalue weighted by molar-refractivity contribution is -0.355. The first-order valence-corrected chi connectivity index (χ1v) is 6.97. The van der Waals surface area contributed by atoms with Crippen LogP contribution in [0.4, 0.5) is 0 Å². The lowest BCUT2D eigenvalue weighted by Gasteiger charge is -2.45. The minimum Gasteiger partial charge on any atom is -0.394 e. The third-order valence-corrected chi connectivity index (χ3v) is 3.87. The molecule has 2 heterocycles. The molecule has 0 aromatic rings. The van der Waals surface area contributed by atoms with E-state index >= 15 is 0 Å². The second kappa shape index (κ2) is 8.78. The second-order valence-electron chi connectivity index (χ2n) is 5.41. The molecule has 24 heavy (non-hydrogen) atoms. The van der Waals surface area contributed by atoms with Gasteiger partial charge in [-0.3, -0.25) is 0 Å². The summed E-state index contributed by atoms with van der Waals surface area (Å²) in [7, 11) is 0. The summed E-state index contributed by atoms with van der Waals surface area (Å²) < 4.78 is 22.4. The van der Waals surface area contributed by atoms with Crippen molar-refractivity contribution in [1.82, 2.24) is 0 Å². The summed E-state index contributed by atoms with van der Waals surface area (Å²) in [5.74, 6) is 0. The van der Waals surface area contributed by atoms with Crippen LogP contribution < -0.4 is 0 Å². The molecule has 2 fully saturated rings. The van der Waals surface area contributed by atoms with Gasteiger partial charge < -0.3 is 55.1 Å². The molecule has 8 N–H and O–H groups in total. The number of aliphatic hydroxyl groups is 8. The summed E-state index contributed by atoms with van der Waals surface area (Å²) in [6, 6.07) is 0. The van der Waals surface area contributed by atoms with Crippen LogP contribution in [0, 0.1) is 7.43 Å². The molecule has 2 rings (SSSR count). The van der Waals surface area contributed by atoms with Crippen molar-refractivity contribution in [2.24, 2.45) is 0 Å². The molecule has 0 saturated carbocycles. The Labute approximate surface area is 139 Å². The molecular weight excluding hydrogens is 332 g/mol. The molecule has 0 aliphatic carbocycles. The van der Waals surface area contributed by atoms with E-state index in [1.54, 1.807) is 0 Å². The lowest BCUT2D eigenvalue weighted by Crippen LogP contribution is -2.64. The smallest absolute Gasteiger partial charge is 0.187 e. The van der Waals surface area contributed by atoms with Gasteiger partial charge in [0.1, 0.15) is 48.8 Å². The highest BCUT2D eigenvalue weighted by molar-refractivity contribution is 4.93. The Kier molecular flexibility index (Phi) is 7.27. The molecule has 11 heteroatoms. The van der Waals surface area contributed by atoms with Gasteiger partial charge in [-0.05, 0) is 0 Å². The summed E-state index contributed by atoms with van der Waals surface area (Å²) in [4.78, 5) is 0. The van der Waals surface area contributed by atoms with Crippen molar-refractivity contribution in [2.75, 3.05) is 13.2 Å². The van der Waals surface area contributed by atoms with Gasteiger partial charge in [0.2, 0.25) is 0 Å². The fourth-order valence-corrected chi connectivity index (χ4v) is 2.48. The number of aliphatic hydroxyl groups excluding tert-OH is 7.